The molecule has 0 bridgehead atoms. The molecule has 5 aromatic carbocycles. The van der Waals surface area contributed by atoms with E-state index in [2.05, 4.69) is 65.6 Å². The zero-order valence-corrected chi connectivity index (χ0v) is 25.0. The molecule has 1 unspecified atom stereocenters. The van der Waals surface area contributed by atoms with Crippen molar-refractivity contribution < 1.29 is 9.47 Å². The standard InChI is InChI=1S/C40H33N3O2/c1-5-13-29(14-6-1)38-41-35-23-24-36-34(37(35)39(42-38)44-33-17-9-3-10-18-33)25-26-40(45-36,30-15-7-2-8-16-30)31-19-21-32(22-20-31)43-27-11-4-12-28-43/h1-3,5-10,13-26H,4,11-12,27-28H2. The zero-order valence-electron chi connectivity index (χ0n) is 25.0. The van der Waals surface area contributed by atoms with Gasteiger partial charge in [-0.05, 0) is 67.8 Å². The van der Waals surface area contributed by atoms with E-state index in [-0.39, 0.29) is 0 Å². The van der Waals surface area contributed by atoms with Crippen LogP contribution >= 0.6 is 0 Å². The topological polar surface area (TPSA) is 47.5 Å². The summed E-state index contributed by atoms with van der Waals surface area (Å²) in [6.45, 7) is 2.23. The Morgan fingerprint density at radius 1 is 0.644 bits per heavy atom. The second kappa shape index (κ2) is 11.6. The summed E-state index contributed by atoms with van der Waals surface area (Å²) >= 11 is 0. The number of nitrogens with zero attached hydrogens (tertiary/aromatic N) is 3. The molecule has 8 rings (SSSR count). The van der Waals surface area contributed by atoms with Gasteiger partial charge in [0, 0.05) is 41.0 Å². The fourth-order valence-corrected chi connectivity index (χ4v) is 6.49. The Morgan fingerprint density at radius 3 is 2.04 bits per heavy atom. The number of hydrogen-bond donors (Lipinski definition) is 0. The molecule has 0 amide bonds. The van der Waals surface area contributed by atoms with E-state index in [0.717, 1.165) is 52.0 Å². The van der Waals surface area contributed by atoms with Crippen molar-refractivity contribution in [2.24, 2.45) is 0 Å². The lowest BCUT2D eigenvalue weighted by Gasteiger charge is -2.37. The predicted octanol–water partition coefficient (Wildman–Crippen LogP) is 9.43. The van der Waals surface area contributed by atoms with E-state index in [1.165, 1.54) is 24.9 Å². The van der Waals surface area contributed by atoms with Crippen LogP contribution in [-0.2, 0) is 5.60 Å². The van der Waals surface area contributed by atoms with Crippen molar-refractivity contribution in [3.05, 3.63) is 150 Å². The average molecular weight is 588 g/mol. The Bertz CT molecular complexity index is 1970. The van der Waals surface area contributed by atoms with Crippen molar-refractivity contribution in [2.75, 3.05) is 18.0 Å². The molecule has 2 aliphatic rings. The van der Waals surface area contributed by atoms with Crippen molar-refractivity contribution in [1.82, 2.24) is 9.97 Å². The quantitative estimate of drug-likeness (QED) is 0.194. The minimum absolute atomic E-state index is 0.494. The van der Waals surface area contributed by atoms with Crippen LogP contribution in [0.5, 0.6) is 17.4 Å². The van der Waals surface area contributed by atoms with Crippen LogP contribution in [0.15, 0.2) is 133 Å². The van der Waals surface area contributed by atoms with Crippen LogP contribution in [0.2, 0.25) is 0 Å². The molecule has 1 atom stereocenters. The van der Waals surface area contributed by atoms with Crippen molar-refractivity contribution in [2.45, 2.75) is 24.9 Å². The van der Waals surface area contributed by atoms with Gasteiger partial charge in [-0.15, -0.1) is 0 Å². The molecule has 2 aliphatic heterocycles. The van der Waals surface area contributed by atoms with Gasteiger partial charge in [-0.1, -0.05) is 91.0 Å². The molecule has 0 radical (unpaired) electrons. The van der Waals surface area contributed by atoms with Gasteiger partial charge < -0.3 is 14.4 Å². The molecule has 3 heterocycles. The number of hydrogen-bond acceptors (Lipinski definition) is 5. The largest absolute Gasteiger partial charge is 0.473 e. The molecule has 5 nitrogen and oxygen atoms in total. The number of piperidine rings is 1. The number of para-hydroxylation sites is 1. The van der Waals surface area contributed by atoms with E-state index < -0.39 is 5.60 Å². The van der Waals surface area contributed by atoms with E-state index in [9.17, 15) is 0 Å². The Hall–Kier alpha value is -5.42. The van der Waals surface area contributed by atoms with Crippen LogP contribution in [0.4, 0.5) is 5.69 Å². The lowest BCUT2D eigenvalue weighted by molar-refractivity contribution is 0.161. The number of fused-ring (bicyclic) bond motifs is 3. The molecule has 5 heteroatoms. The molecule has 220 valence electrons. The normalized spacial score (nSPS) is 17.5. The molecule has 0 spiro atoms. The minimum Gasteiger partial charge on any atom is -0.473 e. The Balaban J connectivity index is 1.26. The maximum Gasteiger partial charge on any atom is 0.231 e. The summed E-state index contributed by atoms with van der Waals surface area (Å²) in [5.41, 5.74) is 5.23. The monoisotopic (exact) mass is 587 g/mol. The zero-order chi connectivity index (χ0) is 30.1. The molecule has 6 aromatic rings. The van der Waals surface area contributed by atoms with Crippen LogP contribution < -0.4 is 14.4 Å². The third-order valence-electron chi connectivity index (χ3n) is 8.80. The molecular weight excluding hydrogens is 554 g/mol. The van der Waals surface area contributed by atoms with E-state index >= 15 is 0 Å². The average Bonchev–Trinajstić information content (AvgIpc) is 3.13. The lowest BCUT2D eigenvalue weighted by Crippen LogP contribution is -2.34. The van der Waals surface area contributed by atoms with Gasteiger partial charge in [0.15, 0.2) is 11.4 Å². The minimum atomic E-state index is -0.798. The summed E-state index contributed by atoms with van der Waals surface area (Å²) in [7, 11) is 0. The molecule has 1 aromatic heterocycles. The van der Waals surface area contributed by atoms with E-state index in [1.54, 1.807) is 0 Å². The molecule has 45 heavy (non-hydrogen) atoms. The highest BCUT2D eigenvalue weighted by Gasteiger charge is 2.38. The molecule has 1 saturated heterocycles. The van der Waals surface area contributed by atoms with Crippen LogP contribution in [0, 0.1) is 0 Å². The number of aromatic nitrogens is 2. The van der Waals surface area contributed by atoms with Crippen molar-refractivity contribution >= 4 is 22.7 Å². The third-order valence-corrected chi connectivity index (χ3v) is 8.80. The molecule has 1 fully saturated rings. The first-order chi connectivity index (χ1) is 22.3. The van der Waals surface area contributed by atoms with Gasteiger partial charge >= 0.3 is 0 Å². The highest BCUT2D eigenvalue weighted by molar-refractivity contribution is 5.96. The van der Waals surface area contributed by atoms with E-state index in [4.69, 9.17) is 19.4 Å². The van der Waals surface area contributed by atoms with Gasteiger partial charge in [-0.2, -0.15) is 4.98 Å². The summed E-state index contributed by atoms with van der Waals surface area (Å²) in [6, 6.07) is 43.1. The van der Waals surface area contributed by atoms with Crippen molar-refractivity contribution in [3.63, 3.8) is 0 Å². The first-order valence-electron chi connectivity index (χ1n) is 15.7. The second-order valence-electron chi connectivity index (χ2n) is 11.6. The van der Waals surface area contributed by atoms with Crippen LogP contribution in [0.25, 0.3) is 28.4 Å². The molecule has 0 N–H and O–H groups in total. The summed E-state index contributed by atoms with van der Waals surface area (Å²) in [4.78, 5) is 12.4. The van der Waals surface area contributed by atoms with E-state index in [1.807, 2.05) is 78.9 Å². The van der Waals surface area contributed by atoms with Gasteiger partial charge in [-0.25, -0.2) is 4.98 Å². The number of ether oxygens (including phenoxy) is 2. The van der Waals surface area contributed by atoms with Gasteiger partial charge in [0.05, 0.1) is 10.9 Å². The first kappa shape index (κ1) is 27.2. The maximum atomic E-state index is 7.09. The van der Waals surface area contributed by atoms with Crippen LogP contribution in [0.1, 0.15) is 36.0 Å². The van der Waals surface area contributed by atoms with Gasteiger partial charge in [0.1, 0.15) is 11.5 Å². The summed E-state index contributed by atoms with van der Waals surface area (Å²) in [5, 5.41) is 0.814. The maximum absolute atomic E-state index is 7.09. The summed E-state index contributed by atoms with van der Waals surface area (Å²) < 4.78 is 13.6. The summed E-state index contributed by atoms with van der Waals surface area (Å²) in [6.07, 6.45) is 8.13. The fraction of sp³-hybridized carbons (Fsp3) is 0.150. The van der Waals surface area contributed by atoms with Gasteiger partial charge in [0.2, 0.25) is 5.88 Å². The number of anilines is 1. The Labute approximate surface area is 263 Å². The van der Waals surface area contributed by atoms with Crippen molar-refractivity contribution in [3.8, 4) is 28.8 Å². The van der Waals surface area contributed by atoms with E-state index in [0.29, 0.717) is 17.5 Å². The van der Waals surface area contributed by atoms with Crippen molar-refractivity contribution in [1.29, 1.82) is 0 Å². The fourth-order valence-electron chi connectivity index (χ4n) is 6.49. The summed E-state index contributed by atoms with van der Waals surface area (Å²) in [5.74, 6) is 2.57. The molecular formula is C40H33N3O2. The number of rotatable bonds is 6. The second-order valence-corrected chi connectivity index (χ2v) is 11.6. The molecule has 0 saturated carbocycles. The predicted molar refractivity (Wildman–Crippen MR) is 181 cm³/mol. The highest BCUT2D eigenvalue weighted by atomic mass is 16.5. The van der Waals surface area contributed by atoms with Crippen LogP contribution in [-0.4, -0.2) is 23.1 Å². The highest BCUT2D eigenvalue weighted by Crippen LogP contribution is 2.46. The molecule has 0 aliphatic carbocycles. The Morgan fingerprint density at radius 2 is 1.31 bits per heavy atom. The lowest BCUT2D eigenvalue weighted by atomic mass is 9.83. The smallest absolute Gasteiger partial charge is 0.231 e. The SMILES string of the molecule is C1=CC(c2ccccc2)(c2ccc(N3CCCCC3)cc2)Oc2ccc3nc(-c4ccccc4)nc(Oc4ccccc4)c3c21. The Kier molecular flexibility index (Phi) is 6.99. The first-order valence-corrected chi connectivity index (χ1v) is 15.7. The van der Waals surface area contributed by atoms with Gasteiger partial charge in [0.25, 0.3) is 0 Å². The van der Waals surface area contributed by atoms with Crippen LogP contribution in [0.3, 0.4) is 0 Å². The number of benzene rings is 5. The van der Waals surface area contributed by atoms with Gasteiger partial charge in [-0.3, -0.25) is 0 Å². The third kappa shape index (κ3) is 5.10.